The lowest BCUT2D eigenvalue weighted by molar-refractivity contribution is -0.277. The Kier molecular flexibility index (Phi) is 5.33. The van der Waals surface area contributed by atoms with E-state index in [9.17, 15) is 20.1 Å². The maximum atomic E-state index is 10.9. The van der Waals surface area contributed by atoms with Gasteiger partial charge in [0.05, 0.1) is 6.61 Å². The van der Waals surface area contributed by atoms with E-state index in [0.29, 0.717) is 11.4 Å². The average molecular weight is 313 g/mol. The molecule has 1 aliphatic rings. The van der Waals surface area contributed by atoms with Crippen LogP contribution in [-0.4, -0.2) is 63.6 Å². The molecule has 8 heteroatoms. The molecule has 2 rings (SSSR count). The Morgan fingerprint density at radius 2 is 1.82 bits per heavy atom. The molecular weight excluding hydrogens is 294 g/mol. The van der Waals surface area contributed by atoms with Crippen LogP contribution in [0.25, 0.3) is 0 Å². The zero-order valence-electron chi connectivity index (χ0n) is 11.9. The van der Waals surface area contributed by atoms with Crippen LogP contribution in [0.15, 0.2) is 24.3 Å². The van der Waals surface area contributed by atoms with E-state index in [-0.39, 0.29) is 5.91 Å². The lowest BCUT2D eigenvalue weighted by Crippen LogP contribution is -2.60. The van der Waals surface area contributed by atoms with Gasteiger partial charge in [0.25, 0.3) is 0 Å². The van der Waals surface area contributed by atoms with Crippen LogP contribution in [0.3, 0.4) is 0 Å². The summed E-state index contributed by atoms with van der Waals surface area (Å²) in [5.74, 6) is 0.126. The number of carbonyl (C=O) groups is 1. The summed E-state index contributed by atoms with van der Waals surface area (Å²) in [4.78, 5) is 10.9. The molecule has 0 aromatic heterocycles. The van der Waals surface area contributed by atoms with E-state index in [1.807, 2.05) is 0 Å². The summed E-state index contributed by atoms with van der Waals surface area (Å²) in [6.07, 6.45) is -6.64. The fraction of sp³-hybridized carbons (Fsp3) is 0.500. The predicted octanol–water partition coefficient (Wildman–Crippen LogP) is -1.18. The van der Waals surface area contributed by atoms with Gasteiger partial charge in [-0.3, -0.25) is 4.79 Å². The number of rotatable bonds is 4. The van der Waals surface area contributed by atoms with Crippen LogP contribution in [0.4, 0.5) is 5.69 Å². The Morgan fingerprint density at radius 1 is 1.18 bits per heavy atom. The third kappa shape index (κ3) is 3.73. The second kappa shape index (κ2) is 7.03. The maximum absolute atomic E-state index is 10.9. The van der Waals surface area contributed by atoms with Gasteiger partial charge in [-0.25, -0.2) is 0 Å². The molecule has 0 aliphatic carbocycles. The summed E-state index contributed by atoms with van der Waals surface area (Å²) < 4.78 is 10.6. The number of aliphatic hydroxyl groups excluding tert-OH is 4. The van der Waals surface area contributed by atoms with Crippen LogP contribution in [0, 0.1) is 0 Å². The van der Waals surface area contributed by atoms with Gasteiger partial charge in [-0.1, -0.05) is 0 Å². The smallest absolute Gasteiger partial charge is 0.229 e. The number of benzene rings is 1. The number of hydrogen-bond donors (Lipinski definition) is 5. The Bertz CT molecular complexity index is 504. The molecular formula is C14H19NO7. The number of amides is 1. The number of aliphatic hydroxyl groups is 4. The van der Waals surface area contributed by atoms with Crippen LogP contribution in [-0.2, 0) is 9.53 Å². The molecule has 2 unspecified atom stereocenters. The minimum Gasteiger partial charge on any atom is -0.462 e. The van der Waals surface area contributed by atoms with Crippen molar-refractivity contribution in [3.05, 3.63) is 24.3 Å². The quantitative estimate of drug-likeness (QED) is 0.473. The van der Waals surface area contributed by atoms with Crippen molar-refractivity contribution in [1.29, 1.82) is 0 Å². The normalized spacial score (nSPS) is 31.6. The molecule has 22 heavy (non-hydrogen) atoms. The second-order valence-corrected chi connectivity index (χ2v) is 5.02. The lowest BCUT2D eigenvalue weighted by atomic mass is 9.99. The third-order valence-corrected chi connectivity index (χ3v) is 3.28. The zero-order valence-corrected chi connectivity index (χ0v) is 11.9. The highest BCUT2D eigenvalue weighted by Crippen LogP contribution is 2.25. The van der Waals surface area contributed by atoms with Crippen molar-refractivity contribution in [2.75, 3.05) is 11.9 Å². The molecule has 1 aromatic rings. The van der Waals surface area contributed by atoms with E-state index in [0.717, 1.165) is 0 Å². The van der Waals surface area contributed by atoms with E-state index in [2.05, 4.69) is 5.32 Å². The van der Waals surface area contributed by atoms with Crippen LogP contribution in [0.2, 0.25) is 0 Å². The highest BCUT2D eigenvalue weighted by Gasteiger charge is 2.44. The first-order valence-corrected chi connectivity index (χ1v) is 6.77. The van der Waals surface area contributed by atoms with Crippen molar-refractivity contribution in [1.82, 2.24) is 0 Å². The van der Waals surface area contributed by atoms with E-state index in [4.69, 9.17) is 14.6 Å². The van der Waals surface area contributed by atoms with E-state index >= 15 is 0 Å². The van der Waals surface area contributed by atoms with Crippen LogP contribution in [0.5, 0.6) is 5.75 Å². The molecule has 1 aromatic carbocycles. The molecule has 0 radical (unpaired) electrons. The first-order chi connectivity index (χ1) is 10.4. The number of nitrogens with one attached hydrogen (secondary N) is 1. The fourth-order valence-corrected chi connectivity index (χ4v) is 2.12. The van der Waals surface area contributed by atoms with Crippen molar-refractivity contribution in [3.8, 4) is 5.75 Å². The van der Waals surface area contributed by atoms with Gasteiger partial charge in [0, 0.05) is 12.6 Å². The Labute approximate surface area is 126 Å². The number of ether oxygens (including phenoxy) is 2. The Morgan fingerprint density at radius 3 is 2.36 bits per heavy atom. The molecule has 5 N–H and O–H groups in total. The molecule has 1 aliphatic heterocycles. The fourth-order valence-electron chi connectivity index (χ4n) is 2.12. The van der Waals surface area contributed by atoms with E-state index in [1.165, 1.54) is 6.92 Å². The first-order valence-electron chi connectivity index (χ1n) is 6.77. The SMILES string of the molecule is CC(=O)Nc1ccc(O[C@@H]2OC(CO)[C@H](O)[C@H](O)C2O)cc1. The number of hydrogen-bond acceptors (Lipinski definition) is 7. The molecule has 5 atom stereocenters. The van der Waals surface area contributed by atoms with Gasteiger partial charge >= 0.3 is 0 Å². The highest BCUT2D eigenvalue weighted by atomic mass is 16.7. The molecule has 0 saturated carbocycles. The van der Waals surface area contributed by atoms with Crippen molar-refractivity contribution in [2.45, 2.75) is 37.6 Å². The van der Waals surface area contributed by atoms with Crippen LogP contribution in [0.1, 0.15) is 6.92 Å². The van der Waals surface area contributed by atoms with Gasteiger partial charge in [0.15, 0.2) is 0 Å². The van der Waals surface area contributed by atoms with Gasteiger partial charge in [-0.15, -0.1) is 0 Å². The molecule has 122 valence electrons. The first kappa shape index (κ1) is 16.7. The summed E-state index contributed by atoms with van der Waals surface area (Å²) in [5, 5.41) is 40.9. The molecule has 0 bridgehead atoms. The lowest BCUT2D eigenvalue weighted by Gasteiger charge is -2.39. The molecule has 8 nitrogen and oxygen atoms in total. The molecule has 1 amide bonds. The van der Waals surface area contributed by atoms with Crippen molar-refractivity contribution >= 4 is 11.6 Å². The zero-order chi connectivity index (χ0) is 16.3. The Hall–Kier alpha value is -1.71. The van der Waals surface area contributed by atoms with E-state index in [1.54, 1.807) is 24.3 Å². The topological polar surface area (TPSA) is 128 Å². The summed E-state index contributed by atoms with van der Waals surface area (Å²) in [6, 6.07) is 6.29. The third-order valence-electron chi connectivity index (χ3n) is 3.28. The molecule has 1 heterocycles. The van der Waals surface area contributed by atoms with Gasteiger partial charge in [0.2, 0.25) is 12.2 Å². The Balaban J connectivity index is 2.04. The van der Waals surface area contributed by atoms with Crippen molar-refractivity contribution < 1.29 is 34.7 Å². The molecule has 0 spiro atoms. The average Bonchev–Trinajstić information content (AvgIpc) is 2.49. The predicted molar refractivity (Wildman–Crippen MR) is 75.1 cm³/mol. The summed E-state index contributed by atoms with van der Waals surface area (Å²) in [7, 11) is 0. The minimum absolute atomic E-state index is 0.206. The summed E-state index contributed by atoms with van der Waals surface area (Å²) in [6.45, 7) is 0.866. The monoisotopic (exact) mass is 313 g/mol. The number of carbonyl (C=O) groups excluding carboxylic acids is 1. The second-order valence-electron chi connectivity index (χ2n) is 5.02. The highest BCUT2D eigenvalue weighted by molar-refractivity contribution is 5.88. The van der Waals surface area contributed by atoms with Gasteiger partial charge in [-0.2, -0.15) is 0 Å². The standard InChI is InChI=1S/C14H19NO7/c1-7(17)15-8-2-4-9(5-3-8)21-14-13(20)12(19)11(18)10(6-16)22-14/h2-5,10-14,16,18-20H,6H2,1H3,(H,15,17)/t10?,11-,12-,13?,14+/m0/s1. The van der Waals surface area contributed by atoms with Crippen molar-refractivity contribution in [3.63, 3.8) is 0 Å². The van der Waals surface area contributed by atoms with Gasteiger partial charge < -0.3 is 35.2 Å². The maximum Gasteiger partial charge on any atom is 0.229 e. The van der Waals surface area contributed by atoms with Gasteiger partial charge in [0.1, 0.15) is 30.2 Å². The van der Waals surface area contributed by atoms with Gasteiger partial charge in [-0.05, 0) is 24.3 Å². The summed E-state index contributed by atoms with van der Waals surface area (Å²) in [5.41, 5.74) is 0.577. The van der Waals surface area contributed by atoms with E-state index < -0.39 is 37.3 Å². The minimum atomic E-state index is -1.49. The number of anilines is 1. The molecule has 1 saturated heterocycles. The largest absolute Gasteiger partial charge is 0.462 e. The van der Waals surface area contributed by atoms with Crippen LogP contribution >= 0.6 is 0 Å². The van der Waals surface area contributed by atoms with Crippen LogP contribution < -0.4 is 10.1 Å². The molecule has 1 fully saturated rings. The van der Waals surface area contributed by atoms with Crippen molar-refractivity contribution in [2.24, 2.45) is 0 Å². The summed E-state index contributed by atoms with van der Waals surface area (Å²) >= 11 is 0.